The van der Waals surface area contributed by atoms with Crippen LogP contribution in [-0.4, -0.2) is 37.0 Å². The Labute approximate surface area is 115 Å². The van der Waals surface area contributed by atoms with E-state index < -0.39 is 17.7 Å². The van der Waals surface area contributed by atoms with E-state index in [9.17, 15) is 5.11 Å². The zero-order valence-corrected chi connectivity index (χ0v) is 11.1. The van der Waals surface area contributed by atoms with E-state index in [1.54, 1.807) is 32.0 Å². The molecule has 0 radical (unpaired) electrons. The van der Waals surface area contributed by atoms with Gasteiger partial charge in [0, 0.05) is 5.56 Å². The molecule has 1 aromatic carbocycles. The van der Waals surface area contributed by atoms with Crippen LogP contribution in [0.3, 0.4) is 0 Å². The highest BCUT2D eigenvalue weighted by atomic mass is 16.5. The van der Waals surface area contributed by atoms with Crippen LogP contribution in [0, 0.1) is 11.3 Å². The molecule has 7 nitrogen and oxygen atoms in total. The minimum atomic E-state index is -0.840. The third-order valence-electron chi connectivity index (χ3n) is 3.49. The molecular weight excluding hydrogens is 258 g/mol. The first kappa shape index (κ1) is 12.6. The number of hydrogen-bond acceptors (Lipinski definition) is 6. The number of aliphatic hydroxyl groups excluding tert-OH is 1. The second-order valence-corrected chi connectivity index (χ2v) is 5.25. The van der Waals surface area contributed by atoms with Crippen LogP contribution in [0.25, 0.3) is 0 Å². The summed E-state index contributed by atoms with van der Waals surface area (Å²) in [5.74, 6) is 0.625. The number of fused-ring (bicyclic) bond motifs is 1. The molecule has 0 unspecified atom stereocenters. The predicted octanol–water partition coefficient (Wildman–Crippen LogP) is 0.666. The van der Waals surface area contributed by atoms with Crippen LogP contribution in [0.2, 0.25) is 0 Å². The number of rotatable bonds is 1. The number of ether oxygens (including phenoxy) is 1. The molecule has 1 aromatic heterocycles. The van der Waals surface area contributed by atoms with E-state index in [-0.39, 0.29) is 0 Å². The van der Waals surface area contributed by atoms with Crippen molar-refractivity contribution in [1.82, 2.24) is 20.2 Å². The van der Waals surface area contributed by atoms with E-state index in [4.69, 9.17) is 10.00 Å². The predicted molar refractivity (Wildman–Crippen MR) is 67.8 cm³/mol. The Balaban J connectivity index is 2.20. The maximum atomic E-state index is 10.6. The van der Waals surface area contributed by atoms with Gasteiger partial charge in [0.25, 0.3) is 0 Å². The van der Waals surface area contributed by atoms with Crippen LogP contribution in [0.15, 0.2) is 24.5 Å². The third kappa shape index (κ3) is 1.82. The van der Waals surface area contributed by atoms with Gasteiger partial charge in [-0.3, -0.25) is 0 Å². The smallest absolute Gasteiger partial charge is 0.138 e. The van der Waals surface area contributed by atoms with Crippen molar-refractivity contribution < 1.29 is 9.84 Å². The van der Waals surface area contributed by atoms with Crippen molar-refractivity contribution in [2.75, 3.05) is 0 Å². The van der Waals surface area contributed by atoms with E-state index in [2.05, 4.69) is 21.6 Å². The lowest BCUT2D eigenvalue weighted by Gasteiger charge is -2.41. The summed E-state index contributed by atoms with van der Waals surface area (Å²) in [5.41, 5.74) is 0.415. The molecular formula is C13H13N5O2. The maximum Gasteiger partial charge on any atom is 0.138 e. The van der Waals surface area contributed by atoms with Crippen molar-refractivity contribution >= 4 is 0 Å². The third-order valence-corrected chi connectivity index (χ3v) is 3.49. The fourth-order valence-electron chi connectivity index (χ4n) is 2.42. The normalized spacial score (nSPS) is 23.5. The van der Waals surface area contributed by atoms with Crippen molar-refractivity contribution in [2.45, 2.75) is 31.6 Å². The molecule has 20 heavy (non-hydrogen) atoms. The first-order valence-corrected chi connectivity index (χ1v) is 6.16. The number of aromatic nitrogens is 4. The minimum Gasteiger partial charge on any atom is -0.485 e. The summed E-state index contributed by atoms with van der Waals surface area (Å²) in [6.07, 6.45) is 0.602. The van der Waals surface area contributed by atoms with Gasteiger partial charge in [-0.2, -0.15) is 5.26 Å². The van der Waals surface area contributed by atoms with E-state index in [1.165, 1.54) is 11.0 Å². The zero-order chi connectivity index (χ0) is 14.3. The topological polar surface area (TPSA) is 96.9 Å². The summed E-state index contributed by atoms with van der Waals surface area (Å²) in [7, 11) is 0. The van der Waals surface area contributed by atoms with Crippen molar-refractivity contribution in [3.05, 3.63) is 35.7 Å². The summed E-state index contributed by atoms with van der Waals surface area (Å²) in [6.45, 7) is 3.60. The molecule has 2 heterocycles. The van der Waals surface area contributed by atoms with Crippen molar-refractivity contribution in [2.24, 2.45) is 0 Å². The Bertz CT molecular complexity index is 675. The molecule has 7 heteroatoms. The molecule has 1 aliphatic rings. The second kappa shape index (κ2) is 4.28. The second-order valence-electron chi connectivity index (χ2n) is 5.25. The Morgan fingerprint density at radius 2 is 2.25 bits per heavy atom. The summed E-state index contributed by atoms with van der Waals surface area (Å²) in [6, 6.07) is 6.70. The number of nitrogens with zero attached hydrogens (tertiary/aromatic N) is 5. The summed E-state index contributed by atoms with van der Waals surface area (Å²) >= 11 is 0. The van der Waals surface area contributed by atoms with Gasteiger partial charge in [-0.15, -0.1) is 5.10 Å². The molecule has 0 spiro atoms. The van der Waals surface area contributed by atoms with Gasteiger partial charge >= 0.3 is 0 Å². The maximum absolute atomic E-state index is 10.6. The SMILES string of the molecule is CC1(C)Oc2ccc(C#N)cc2[C@@H](n2cnnn2)[C@@H]1O. The summed E-state index contributed by atoms with van der Waals surface area (Å²) in [5, 5.41) is 30.7. The van der Waals surface area contributed by atoms with Crippen LogP contribution in [0.1, 0.15) is 31.0 Å². The Morgan fingerprint density at radius 3 is 2.90 bits per heavy atom. The average molecular weight is 271 g/mol. The van der Waals surface area contributed by atoms with E-state index in [1.807, 2.05) is 0 Å². The number of tetrazole rings is 1. The molecule has 2 aromatic rings. The highest BCUT2D eigenvalue weighted by Crippen LogP contribution is 2.41. The first-order valence-electron chi connectivity index (χ1n) is 6.16. The van der Waals surface area contributed by atoms with Gasteiger partial charge in [0.05, 0.1) is 11.6 Å². The highest BCUT2D eigenvalue weighted by Gasteiger charge is 2.44. The fraction of sp³-hybridized carbons (Fsp3) is 0.385. The van der Waals surface area contributed by atoms with Crippen LogP contribution < -0.4 is 4.74 Å². The summed E-state index contributed by atoms with van der Waals surface area (Å²) < 4.78 is 7.30. The molecule has 102 valence electrons. The summed E-state index contributed by atoms with van der Waals surface area (Å²) in [4.78, 5) is 0. The van der Waals surface area contributed by atoms with Gasteiger partial charge in [-0.25, -0.2) is 4.68 Å². The Kier molecular flexibility index (Phi) is 2.69. The number of aliphatic hydroxyl groups is 1. The Morgan fingerprint density at radius 1 is 1.45 bits per heavy atom. The molecule has 0 aliphatic carbocycles. The number of hydrogen-bond donors (Lipinski definition) is 1. The van der Waals surface area contributed by atoms with Gasteiger partial charge in [-0.1, -0.05) is 0 Å². The lowest BCUT2D eigenvalue weighted by Crippen LogP contribution is -2.50. The molecule has 0 bridgehead atoms. The lowest BCUT2D eigenvalue weighted by atomic mass is 9.86. The lowest BCUT2D eigenvalue weighted by molar-refractivity contribution is -0.0661. The molecule has 3 rings (SSSR count). The van der Waals surface area contributed by atoms with Gasteiger partial charge in [0.2, 0.25) is 0 Å². The zero-order valence-electron chi connectivity index (χ0n) is 11.1. The average Bonchev–Trinajstić information content (AvgIpc) is 2.93. The monoisotopic (exact) mass is 271 g/mol. The van der Waals surface area contributed by atoms with E-state index in [0.29, 0.717) is 16.9 Å². The van der Waals surface area contributed by atoms with Crippen molar-refractivity contribution in [1.29, 1.82) is 5.26 Å². The van der Waals surface area contributed by atoms with Crippen LogP contribution >= 0.6 is 0 Å². The van der Waals surface area contributed by atoms with Crippen molar-refractivity contribution in [3.8, 4) is 11.8 Å². The molecule has 1 N–H and O–H groups in total. The van der Waals surface area contributed by atoms with Gasteiger partial charge in [0.15, 0.2) is 0 Å². The molecule has 1 aliphatic heterocycles. The molecule has 2 atom stereocenters. The molecule has 0 amide bonds. The molecule has 0 fully saturated rings. The first-order chi connectivity index (χ1) is 9.53. The number of nitriles is 1. The minimum absolute atomic E-state index is 0.489. The fourth-order valence-corrected chi connectivity index (χ4v) is 2.42. The largest absolute Gasteiger partial charge is 0.485 e. The van der Waals surface area contributed by atoms with E-state index in [0.717, 1.165) is 0 Å². The standard InChI is InChI=1S/C13H13N5O2/c1-13(2)12(19)11(18-7-15-16-17-18)9-5-8(6-14)3-4-10(9)20-13/h3-5,7,11-12,19H,1-2H3/t11-,12+/m1/s1. The Hall–Kier alpha value is -2.46. The van der Waals surface area contributed by atoms with Crippen LogP contribution in [-0.2, 0) is 0 Å². The van der Waals surface area contributed by atoms with E-state index >= 15 is 0 Å². The highest BCUT2D eigenvalue weighted by molar-refractivity contribution is 5.46. The molecule has 0 saturated carbocycles. The quantitative estimate of drug-likeness (QED) is 0.818. The van der Waals surface area contributed by atoms with Crippen LogP contribution in [0.5, 0.6) is 5.75 Å². The van der Waals surface area contributed by atoms with Gasteiger partial charge < -0.3 is 9.84 Å². The van der Waals surface area contributed by atoms with Gasteiger partial charge in [-0.05, 0) is 42.5 Å². The van der Waals surface area contributed by atoms with Gasteiger partial charge in [0.1, 0.15) is 29.8 Å². The van der Waals surface area contributed by atoms with Crippen LogP contribution in [0.4, 0.5) is 0 Å². The van der Waals surface area contributed by atoms with Crippen molar-refractivity contribution in [3.63, 3.8) is 0 Å². The molecule has 0 saturated heterocycles. The number of benzene rings is 1.